The van der Waals surface area contributed by atoms with Crippen molar-refractivity contribution in [2.45, 2.75) is 142 Å². The number of nitrogens with one attached hydrogen (secondary N) is 1. The van der Waals surface area contributed by atoms with Gasteiger partial charge in [-0.05, 0) is 117 Å². The molecule has 5 heterocycles. The van der Waals surface area contributed by atoms with Crippen molar-refractivity contribution >= 4 is 40.6 Å². The predicted octanol–water partition coefficient (Wildman–Crippen LogP) is 7.49. The van der Waals surface area contributed by atoms with Gasteiger partial charge in [0, 0.05) is 113 Å². The molecule has 5 aliphatic rings. The van der Waals surface area contributed by atoms with E-state index < -0.39 is 29.5 Å². The third-order valence-corrected chi connectivity index (χ3v) is 16.6. The van der Waals surface area contributed by atoms with E-state index >= 15 is 9.59 Å². The third-order valence-electron chi connectivity index (χ3n) is 16.6. The number of hydrogen-bond donors (Lipinski definition) is 1. The lowest BCUT2D eigenvalue weighted by molar-refractivity contribution is -0.159. The molecule has 2 aromatic carbocycles. The van der Waals surface area contributed by atoms with E-state index in [1.54, 1.807) is 40.9 Å². The molecular formula is C59H79N9O7. The Balaban J connectivity index is 1.07. The predicted molar refractivity (Wildman–Crippen MR) is 290 cm³/mol. The zero-order valence-electron chi connectivity index (χ0n) is 45.7. The van der Waals surface area contributed by atoms with Crippen LogP contribution in [-0.2, 0) is 48.0 Å². The van der Waals surface area contributed by atoms with Gasteiger partial charge in [-0.2, -0.15) is 0 Å². The van der Waals surface area contributed by atoms with E-state index in [2.05, 4.69) is 78.6 Å². The molecule has 6 atom stereocenters. The number of benzene rings is 2. The number of aryl methyl sites for hydroxylation is 1. The Labute approximate surface area is 443 Å². The summed E-state index contributed by atoms with van der Waals surface area (Å²) in [6.45, 7) is 19.6. The molecule has 5 amide bonds. The van der Waals surface area contributed by atoms with Crippen LogP contribution in [-0.4, -0.2) is 166 Å². The first-order valence-corrected chi connectivity index (χ1v) is 27.4. The summed E-state index contributed by atoms with van der Waals surface area (Å²) in [7, 11) is 5.21. The summed E-state index contributed by atoms with van der Waals surface area (Å²) in [6, 6.07) is 16.3. The largest absolute Gasteiger partial charge is 0.464 e. The molecule has 16 nitrogen and oxygen atoms in total. The molecule has 16 heteroatoms. The quantitative estimate of drug-likeness (QED) is 0.105. The van der Waals surface area contributed by atoms with Crippen LogP contribution in [0.5, 0.6) is 0 Å². The van der Waals surface area contributed by atoms with E-state index in [0.717, 1.165) is 75.8 Å². The molecule has 2 aliphatic carbocycles. The molecule has 2 saturated carbocycles. The Kier molecular flexibility index (Phi) is 15.9. The van der Waals surface area contributed by atoms with Crippen LogP contribution in [0.2, 0.25) is 0 Å². The third kappa shape index (κ3) is 10.8. The van der Waals surface area contributed by atoms with Crippen LogP contribution >= 0.6 is 0 Å². The first kappa shape index (κ1) is 53.7. The maximum atomic E-state index is 15.6. The summed E-state index contributed by atoms with van der Waals surface area (Å²) in [6.07, 6.45) is 8.06. The molecular weight excluding hydrogens is 947 g/mol. The number of methoxy groups -OCH3 is 1. The second-order valence-corrected chi connectivity index (χ2v) is 22.8. The number of esters is 1. The molecule has 9 rings (SSSR count). The smallest absolute Gasteiger partial charge is 0.324 e. The van der Waals surface area contributed by atoms with Gasteiger partial charge in [0.1, 0.15) is 18.1 Å². The summed E-state index contributed by atoms with van der Waals surface area (Å²) >= 11 is 0. The maximum absolute atomic E-state index is 15.6. The number of aromatic nitrogens is 2. The van der Waals surface area contributed by atoms with Crippen molar-refractivity contribution in [3.8, 4) is 22.4 Å². The van der Waals surface area contributed by atoms with Gasteiger partial charge in [0.15, 0.2) is 0 Å². The van der Waals surface area contributed by atoms with Crippen molar-refractivity contribution in [3.05, 3.63) is 90.3 Å². The topological polar surface area (TPSA) is 153 Å². The highest BCUT2D eigenvalue weighted by Crippen LogP contribution is 2.43. The standard InChI is InChI=1S/C59H79N9O7/c1-11-51(69)62(8)28-29-64-30-31-66(49-25-24-48(49)64)58(73)63(9)53(37(3)4)56(71)68(42-21-22-42)50-33-39-16-13-17-40(32-39)41-20-23-47-44(34-41)45(54(65(47)12-2)43-18-14-26-60-52(43)38(5)74-10)35-59(6,7)36-75-57(72)46-19-15-27-67(61-46)55(50)70/h11,13-14,16-18,20,23,26,32,34,37-38,42,46,48-50,53,61H,1,12,15,19,21-22,24-25,27-31,33,35-36H2,2-10H3/t38-,46-,48-,49+,50-,53-/m0/s1. The highest BCUT2D eigenvalue weighted by molar-refractivity contribution is 5.96. The van der Waals surface area contributed by atoms with E-state index in [4.69, 9.17) is 14.5 Å². The fraction of sp³-hybridized carbons (Fsp3) is 0.559. The first-order valence-electron chi connectivity index (χ1n) is 27.4. The van der Waals surface area contributed by atoms with Crippen LogP contribution < -0.4 is 5.43 Å². The summed E-state index contributed by atoms with van der Waals surface area (Å²) < 4.78 is 14.5. The fourth-order valence-corrected chi connectivity index (χ4v) is 12.3. The van der Waals surface area contributed by atoms with Crippen molar-refractivity contribution in [3.63, 3.8) is 0 Å². The lowest BCUT2D eigenvalue weighted by Gasteiger charge is -2.55. The Bertz CT molecular complexity index is 2800. The summed E-state index contributed by atoms with van der Waals surface area (Å²) in [4.78, 5) is 86.5. The molecule has 75 heavy (non-hydrogen) atoms. The molecule has 0 unspecified atom stereocenters. The second kappa shape index (κ2) is 22.2. The van der Waals surface area contributed by atoms with Gasteiger partial charge in [-0.1, -0.05) is 64.6 Å². The number of pyridine rings is 1. The van der Waals surface area contributed by atoms with Crippen molar-refractivity contribution in [2.24, 2.45) is 11.3 Å². The van der Waals surface area contributed by atoms with Crippen LogP contribution in [0.25, 0.3) is 33.3 Å². The number of ether oxygens (including phenoxy) is 2. The minimum absolute atomic E-state index is 0.00251. The minimum Gasteiger partial charge on any atom is -0.464 e. The Morgan fingerprint density at radius 2 is 1.72 bits per heavy atom. The van der Waals surface area contributed by atoms with E-state index in [1.165, 1.54) is 6.08 Å². The highest BCUT2D eigenvalue weighted by atomic mass is 16.5. The molecule has 3 aliphatic heterocycles. The number of likely N-dealkylation sites (N-methyl/N-ethyl adjacent to an activating group) is 2. The number of cyclic esters (lactones) is 1. The number of carbonyl (C=O) groups is 5. The summed E-state index contributed by atoms with van der Waals surface area (Å²) in [5.74, 6) is -1.35. The number of rotatable bonds is 13. The van der Waals surface area contributed by atoms with Crippen molar-refractivity contribution in [2.75, 3.05) is 60.5 Å². The molecule has 402 valence electrons. The number of carbonyl (C=O) groups excluding carboxylic acids is 5. The van der Waals surface area contributed by atoms with Crippen LogP contribution in [0.15, 0.2) is 73.4 Å². The molecule has 0 spiro atoms. The van der Waals surface area contributed by atoms with Gasteiger partial charge < -0.3 is 33.6 Å². The number of fused-ring (bicyclic) bond motifs is 7. The Hall–Kier alpha value is -6.10. The molecule has 0 radical (unpaired) electrons. The Morgan fingerprint density at radius 3 is 2.41 bits per heavy atom. The zero-order chi connectivity index (χ0) is 53.5. The monoisotopic (exact) mass is 1030 g/mol. The SMILES string of the molecule is C=CC(=O)N(C)CCN1CCN(C(=O)N(C)[C@H](C(=O)N(C2CC2)[C@H]2Cc3cccc(c3)-c3ccc4c(c3)c(c(-c3cccnc3[C@H](C)OC)n4CC)CC(C)(C)COC(=O)[C@@H]3CCCN(N3)C2=O)C(C)C)[C@@H]2CC[C@@H]21. The number of amides is 5. The van der Waals surface area contributed by atoms with Crippen LogP contribution in [0, 0.1) is 11.3 Å². The molecule has 2 saturated heterocycles. The fourth-order valence-electron chi connectivity index (χ4n) is 12.3. The lowest BCUT2D eigenvalue weighted by Crippen LogP contribution is -2.69. The number of urea groups is 1. The molecule has 2 aromatic heterocycles. The summed E-state index contributed by atoms with van der Waals surface area (Å²) in [5.41, 5.74) is 10.8. The maximum Gasteiger partial charge on any atom is 0.324 e. The van der Waals surface area contributed by atoms with Gasteiger partial charge in [0.05, 0.1) is 24.1 Å². The van der Waals surface area contributed by atoms with Gasteiger partial charge >= 0.3 is 12.0 Å². The minimum atomic E-state index is -0.936. The molecule has 6 bridgehead atoms. The lowest BCUT2D eigenvalue weighted by atomic mass is 9.82. The van der Waals surface area contributed by atoms with Crippen LogP contribution in [0.1, 0.15) is 103 Å². The van der Waals surface area contributed by atoms with Gasteiger partial charge in [-0.15, -0.1) is 0 Å². The van der Waals surface area contributed by atoms with Crippen molar-refractivity contribution in [1.29, 1.82) is 0 Å². The zero-order valence-corrected chi connectivity index (χ0v) is 45.7. The van der Waals surface area contributed by atoms with Gasteiger partial charge in [-0.3, -0.25) is 34.1 Å². The highest BCUT2D eigenvalue weighted by Gasteiger charge is 2.50. The van der Waals surface area contributed by atoms with Gasteiger partial charge in [-0.25, -0.2) is 10.2 Å². The molecule has 4 aromatic rings. The van der Waals surface area contributed by atoms with Gasteiger partial charge in [0.25, 0.3) is 5.91 Å². The van der Waals surface area contributed by atoms with Crippen molar-refractivity contribution in [1.82, 2.24) is 44.5 Å². The van der Waals surface area contributed by atoms with E-state index in [0.29, 0.717) is 58.5 Å². The number of piperazine rings is 1. The average molecular weight is 1030 g/mol. The van der Waals surface area contributed by atoms with Crippen LogP contribution in [0.4, 0.5) is 4.79 Å². The van der Waals surface area contributed by atoms with E-state index in [-0.39, 0.29) is 66.9 Å². The average Bonchev–Trinajstić information content (AvgIpc) is 4.19. The molecule has 4 fully saturated rings. The van der Waals surface area contributed by atoms with E-state index in [1.807, 2.05) is 50.1 Å². The number of hydrogen-bond acceptors (Lipinski definition) is 10. The first-order chi connectivity index (χ1) is 35.9. The van der Waals surface area contributed by atoms with Crippen LogP contribution in [0.3, 0.4) is 0 Å². The number of nitrogens with zero attached hydrogens (tertiary/aromatic N) is 8. The second-order valence-electron chi connectivity index (χ2n) is 22.8. The van der Waals surface area contributed by atoms with Crippen molar-refractivity contribution < 1.29 is 33.4 Å². The normalized spacial score (nSPS) is 22.9. The van der Waals surface area contributed by atoms with Gasteiger partial charge in [0.2, 0.25) is 11.8 Å². The Morgan fingerprint density at radius 1 is 0.960 bits per heavy atom. The summed E-state index contributed by atoms with van der Waals surface area (Å²) in [5, 5.41) is 2.64. The number of hydrazine groups is 1. The molecule has 1 N–H and O–H groups in total. The van der Waals surface area contributed by atoms with E-state index in [9.17, 15) is 14.4 Å².